The van der Waals surface area contributed by atoms with Crippen LogP contribution in [0.2, 0.25) is 0 Å². The van der Waals surface area contributed by atoms with Gasteiger partial charge in [0, 0.05) is 25.9 Å². The van der Waals surface area contributed by atoms with Crippen LogP contribution in [0, 0.1) is 0 Å². The Hall–Kier alpha value is -1.08. The van der Waals surface area contributed by atoms with Crippen molar-refractivity contribution in [2.45, 2.75) is 31.7 Å². The second-order valence-electron chi connectivity index (χ2n) is 4.33. The molecule has 102 valence electrons. The third-order valence-electron chi connectivity index (χ3n) is 2.87. The fraction of sp³-hybridized carbons (Fsp3) is 0.727. The molecule has 1 unspecified atom stereocenters. The van der Waals surface area contributed by atoms with E-state index in [2.05, 4.69) is 10.4 Å². The van der Waals surface area contributed by atoms with E-state index in [-0.39, 0.29) is 6.10 Å². The van der Waals surface area contributed by atoms with Crippen molar-refractivity contribution in [2.24, 2.45) is 0 Å². The zero-order chi connectivity index (χ0) is 13.0. The largest absolute Gasteiger partial charge is 0.419 e. The molecule has 1 N–H and O–H groups in total. The molecule has 0 radical (unpaired) electrons. The van der Waals surface area contributed by atoms with Gasteiger partial charge in [0.15, 0.2) is 0 Å². The highest BCUT2D eigenvalue weighted by Gasteiger charge is 2.32. The lowest BCUT2D eigenvalue weighted by molar-refractivity contribution is -0.137. The molecule has 7 heteroatoms. The van der Waals surface area contributed by atoms with Crippen LogP contribution in [0.5, 0.6) is 0 Å². The Labute approximate surface area is 103 Å². The molecule has 4 nitrogen and oxygen atoms in total. The van der Waals surface area contributed by atoms with Crippen LogP contribution in [0.15, 0.2) is 12.4 Å². The lowest BCUT2D eigenvalue weighted by Gasteiger charge is -2.10. The average Bonchev–Trinajstić information content (AvgIpc) is 2.95. The standard InChI is InChI=1S/C11H16F3N3O/c12-11(13,14)9-6-16-17(8-9)4-3-15-7-10-2-1-5-18-10/h6,8,10,15H,1-5,7H2. The Balaban J connectivity index is 1.68. The molecule has 1 saturated heterocycles. The van der Waals surface area contributed by atoms with Crippen molar-refractivity contribution < 1.29 is 17.9 Å². The van der Waals surface area contributed by atoms with Gasteiger partial charge in [0.1, 0.15) is 0 Å². The fourth-order valence-corrected chi connectivity index (χ4v) is 1.89. The first-order chi connectivity index (χ1) is 8.55. The number of halogens is 3. The molecule has 1 aliphatic rings. The summed E-state index contributed by atoms with van der Waals surface area (Å²) in [6.07, 6.45) is -0.0710. The van der Waals surface area contributed by atoms with E-state index in [9.17, 15) is 13.2 Å². The van der Waals surface area contributed by atoms with Gasteiger partial charge in [0.05, 0.1) is 24.4 Å². The molecule has 1 aromatic heterocycles. The number of rotatable bonds is 5. The first-order valence-corrected chi connectivity index (χ1v) is 5.97. The maximum Gasteiger partial charge on any atom is 0.419 e. The number of hydrogen-bond acceptors (Lipinski definition) is 3. The number of aromatic nitrogens is 2. The van der Waals surface area contributed by atoms with Crippen molar-refractivity contribution in [3.63, 3.8) is 0 Å². The Kier molecular flexibility index (Phi) is 4.23. The summed E-state index contributed by atoms with van der Waals surface area (Å²) in [6.45, 7) is 2.55. The second-order valence-corrected chi connectivity index (χ2v) is 4.33. The van der Waals surface area contributed by atoms with Crippen LogP contribution >= 0.6 is 0 Å². The summed E-state index contributed by atoms with van der Waals surface area (Å²) in [5.74, 6) is 0. The Morgan fingerprint density at radius 3 is 2.94 bits per heavy atom. The van der Waals surface area contributed by atoms with Gasteiger partial charge in [-0.05, 0) is 12.8 Å². The Morgan fingerprint density at radius 2 is 2.33 bits per heavy atom. The van der Waals surface area contributed by atoms with E-state index in [0.717, 1.165) is 38.4 Å². The van der Waals surface area contributed by atoms with Crippen LogP contribution < -0.4 is 5.32 Å². The lowest BCUT2D eigenvalue weighted by Crippen LogP contribution is -2.29. The van der Waals surface area contributed by atoms with E-state index in [1.807, 2.05) is 0 Å². The zero-order valence-electron chi connectivity index (χ0n) is 9.91. The lowest BCUT2D eigenvalue weighted by atomic mass is 10.2. The maximum absolute atomic E-state index is 12.3. The van der Waals surface area contributed by atoms with E-state index < -0.39 is 11.7 Å². The minimum Gasteiger partial charge on any atom is -0.377 e. The van der Waals surface area contributed by atoms with Crippen molar-refractivity contribution in [1.82, 2.24) is 15.1 Å². The van der Waals surface area contributed by atoms with E-state index in [1.54, 1.807) is 0 Å². The van der Waals surface area contributed by atoms with E-state index in [4.69, 9.17) is 4.74 Å². The van der Waals surface area contributed by atoms with Gasteiger partial charge >= 0.3 is 6.18 Å². The molecular weight excluding hydrogens is 247 g/mol. The molecule has 2 heterocycles. The summed E-state index contributed by atoms with van der Waals surface area (Å²) in [5.41, 5.74) is -0.707. The van der Waals surface area contributed by atoms with Crippen molar-refractivity contribution in [1.29, 1.82) is 0 Å². The molecule has 2 rings (SSSR count). The van der Waals surface area contributed by atoms with Crippen molar-refractivity contribution in [3.05, 3.63) is 18.0 Å². The molecule has 1 fully saturated rings. The third-order valence-corrected chi connectivity index (χ3v) is 2.87. The molecule has 0 aliphatic carbocycles. The molecule has 0 bridgehead atoms. The van der Waals surface area contributed by atoms with Gasteiger partial charge in [-0.2, -0.15) is 18.3 Å². The van der Waals surface area contributed by atoms with Gasteiger partial charge in [-0.3, -0.25) is 4.68 Å². The van der Waals surface area contributed by atoms with Gasteiger partial charge in [-0.1, -0.05) is 0 Å². The fourth-order valence-electron chi connectivity index (χ4n) is 1.89. The SMILES string of the molecule is FC(F)(F)c1cnn(CCNCC2CCCO2)c1. The number of alkyl halides is 3. The van der Waals surface area contributed by atoms with E-state index in [0.29, 0.717) is 13.1 Å². The Bertz CT molecular complexity index is 372. The van der Waals surface area contributed by atoms with Crippen LogP contribution in [0.1, 0.15) is 18.4 Å². The first kappa shape index (κ1) is 13.4. The number of nitrogens with zero attached hydrogens (tertiary/aromatic N) is 2. The molecule has 0 saturated carbocycles. The summed E-state index contributed by atoms with van der Waals surface area (Å²) >= 11 is 0. The highest BCUT2D eigenvalue weighted by molar-refractivity contribution is 5.08. The summed E-state index contributed by atoms with van der Waals surface area (Å²) in [4.78, 5) is 0. The van der Waals surface area contributed by atoms with E-state index in [1.165, 1.54) is 4.68 Å². The minimum atomic E-state index is -4.32. The maximum atomic E-state index is 12.3. The first-order valence-electron chi connectivity index (χ1n) is 5.97. The predicted octanol–water partition coefficient (Wildman–Crippen LogP) is 1.67. The van der Waals surface area contributed by atoms with Crippen molar-refractivity contribution >= 4 is 0 Å². The zero-order valence-corrected chi connectivity index (χ0v) is 9.91. The van der Waals surface area contributed by atoms with Crippen LogP contribution in [0.4, 0.5) is 13.2 Å². The molecule has 1 aromatic rings. The average molecular weight is 263 g/mol. The number of ether oxygens (including phenoxy) is 1. The highest BCUT2D eigenvalue weighted by atomic mass is 19.4. The molecular formula is C11H16F3N3O. The monoisotopic (exact) mass is 263 g/mol. The summed E-state index contributed by atoms with van der Waals surface area (Å²) in [7, 11) is 0. The van der Waals surface area contributed by atoms with Gasteiger partial charge in [-0.15, -0.1) is 0 Å². The molecule has 0 amide bonds. The molecule has 0 spiro atoms. The molecule has 0 aromatic carbocycles. The van der Waals surface area contributed by atoms with Gasteiger partial charge < -0.3 is 10.1 Å². The van der Waals surface area contributed by atoms with Gasteiger partial charge in [0.25, 0.3) is 0 Å². The summed E-state index contributed by atoms with van der Waals surface area (Å²) in [5, 5.41) is 6.83. The van der Waals surface area contributed by atoms with Crippen LogP contribution in [-0.2, 0) is 17.5 Å². The van der Waals surface area contributed by atoms with Gasteiger partial charge in [-0.25, -0.2) is 0 Å². The highest BCUT2D eigenvalue weighted by Crippen LogP contribution is 2.28. The quantitative estimate of drug-likeness (QED) is 0.821. The number of nitrogens with one attached hydrogen (secondary N) is 1. The molecule has 18 heavy (non-hydrogen) atoms. The van der Waals surface area contributed by atoms with Crippen LogP contribution in [0.3, 0.4) is 0 Å². The number of hydrogen-bond donors (Lipinski definition) is 1. The third kappa shape index (κ3) is 3.71. The summed E-state index contributed by atoms with van der Waals surface area (Å²) < 4.78 is 43.6. The minimum absolute atomic E-state index is 0.244. The van der Waals surface area contributed by atoms with Crippen molar-refractivity contribution in [2.75, 3.05) is 19.7 Å². The summed E-state index contributed by atoms with van der Waals surface area (Å²) in [6, 6.07) is 0. The topological polar surface area (TPSA) is 39.1 Å². The molecule has 1 aliphatic heterocycles. The second kappa shape index (κ2) is 5.71. The predicted molar refractivity (Wildman–Crippen MR) is 59.1 cm³/mol. The van der Waals surface area contributed by atoms with Crippen molar-refractivity contribution in [3.8, 4) is 0 Å². The van der Waals surface area contributed by atoms with E-state index >= 15 is 0 Å². The normalized spacial score (nSPS) is 20.5. The van der Waals surface area contributed by atoms with Crippen LogP contribution in [-0.4, -0.2) is 35.6 Å². The molecule has 1 atom stereocenters. The van der Waals surface area contributed by atoms with Crippen LogP contribution in [0.25, 0.3) is 0 Å². The van der Waals surface area contributed by atoms with Gasteiger partial charge in [0.2, 0.25) is 0 Å². The Morgan fingerprint density at radius 1 is 1.50 bits per heavy atom. The smallest absolute Gasteiger partial charge is 0.377 e.